The topological polar surface area (TPSA) is 92.9 Å². The van der Waals surface area contributed by atoms with Gasteiger partial charge in [-0.2, -0.15) is 0 Å². The predicted octanol–water partition coefficient (Wildman–Crippen LogP) is 4.49. The maximum Gasteiger partial charge on any atom is 0.303 e. The molecule has 33 heavy (non-hydrogen) atoms. The van der Waals surface area contributed by atoms with E-state index in [9.17, 15) is 9.59 Å². The van der Waals surface area contributed by atoms with Crippen LogP contribution in [-0.2, 0) is 29.0 Å². The summed E-state index contributed by atoms with van der Waals surface area (Å²) >= 11 is 0. The lowest BCUT2D eigenvalue weighted by Crippen LogP contribution is -2.32. The zero-order valence-electron chi connectivity index (χ0n) is 18.7. The minimum Gasteiger partial charge on any atom is -0.489 e. The molecule has 3 aromatic rings. The molecule has 0 bridgehead atoms. The molecule has 1 atom stereocenters. The first-order valence-electron chi connectivity index (χ1n) is 11.2. The normalized spacial score (nSPS) is 15.5. The Morgan fingerprint density at radius 2 is 1.97 bits per heavy atom. The fourth-order valence-corrected chi connectivity index (χ4v) is 4.12. The van der Waals surface area contributed by atoms with Crippen LogP contribution >= 0.6 is 0 Å². The second kappa shape index (κ2) is 10.3. The number of carbonyl (C=O) groups is 2. The Bertz CT molecular complexity index is 1110. The number of benzene rings is 2. The lowest BCUT2D eigenvalue weighted by molar-refractivity contribution is -0.137. The lowest BCUT2D eigenvalue weighted by Gasteiger charge is -2.23. The molecule has 2 aromatic carbocycles. The molecule has 7 nitrogen and oxygen atoms in total. The Balaban J connectivity index is 1.33. The summed E-state index contributed by atoms with van der Waals surface area (Å²) in [5.41, 5.74) is 3.97. The van der Waals surface area contributed by atoms with Gasteiger partial charge in [-0.1, -0.05) is 41.6 Å². The van der Waals surface area contributed by atoms with Crippen LogP contribution in [0.4, 0.5) is 0 Å². The number of carbonyl (C=O) groups excluding carboxylic acids is 1. The largest absolute Gasteiger partial charge is 0.489 e. The van der Waals surface area contributed by atoms with Gasteiger partial charge in [-0.25, -0.2) is 0 Å². The Hall–Kier alpha value is -3.61. The summed E-state index contributed by atoms with van der Waals surface area (Å²) in [7, 11) is 0. The first-order valence-corrected chi connectivity index (χ1v) is 11.2. The van der Waals surface area contributed by atoms with Gasteiger partial charge in [-0.15, -0.1) is 0 Å². The molecule has 0 aliphatic carbocycles. The summed E-state index contributed by atoms with van der Waals surface area (Å²) in [4.78, 5) is 25.6. The average molecular weight is 449 g/mol. The van der Waals surface area contributed by atoms with Gasteiger partial charge in [0.1, 0.15) is 23.8 Å². The van der Waals surface area contributed by atoms with E-state index in [2.05, 4.69) is 24.2 Å². The first-order chi connectivity index (χ1) is 16.0. The number of aliphatic carboxylic acids is 1. The highest BCUT2D eigenvalue weighted by atomic mass is 16.5. The van der Waals surface area contributed by atoms with Crippen molar-refractivity contribution in [2.24, 2.45) is 0 Å². The van der Waals surface area contributed by atoms with Crippen LogP contribution in [0.25, 0.3) is 0 Å². The van der Waals surface area contributed by atoms with Crippen molar-refractivity contribution >= 4 is 11.9 Å². The van der Waals surface area contributed by atoms with Crippen LogP contribution in [0.15, 0.2) is 59.1 Å². The van der Waals surface area contributed by atoms with Crippen LogP contribution in [-0.4, -0.2) is 33.6 Å². The highest BCUT2D eigenvalue weighted by molar-refractivity contribution is 5.79. The summed E-state index contributed by atoms with van der Waals surface area (Å²) in [5, 5.41) is 12.9. The molecule has 0 saturated carbocycles. The third-order valence-corrected chi connectivity index (χ3v) is 6.01. The van der Waals surface area contributed by atoms with Gasteiger partial charge < -0.3 is 19.3 Å². The van der Waals surface area contributed by atoms with E-state index in [1.165, 1.54) is 5.56 Å². The van der Waals surface area contributed by atoms with Crippen molar-refractivity contribution in [2.75, 3.05) is 6.54 Å². The standard InChI is InChI=1S/C26H28N2O5/c1-18-5-2-3-6-20(18)17-32-21-10-8-19(9-11-21)15-25(29)28-14-4-7-24(28)23-16-22(33-27-23)12-13-26(30)31/h2-3,5-6,8-11,16,24H,4,7,12-15,17H2,1H3,(H,30,31). The van der Waals surface area contributed by atoms with Gasteiger partial charge in [0.15, 0.2) is 0 Å². The molecule has 0 spiro atoms. The van der Waals surface area contributed by atoms with E-state index in [1.54, 1.807) is 6.07 Å². The zero-order valence-corrected chi connectivity index (χ0v) is 18.7. The number of likely N-dealkylation sites (tertiary alicyclic amines) is 1. The summed E-state index contributed by atoms with van der Waals surface area (Å²) in [6.45, 7) is 3.25. The van der Waals surface area contributed by atoms with Crippen LogP contribution < -0.4 is 4.74 Å². The number of amides is 1. The zero-order chi connectivity index (χ0) is 23.2. The summed E-state index contributed by atoms with van der Waals surface area (Å²) in [6.07, 6.45) is 2.31. The van der Waals surface area contributed by atoms with E-state index < -0.39 is 5.97 Å². The SMILES string of the molecule is Cc1ccccc1COc1ccc(CC(=O)N2CCCC2c2cc(CCC(=O)O)on2)cc1. The van der Waals surface area contributed by atoms with E-state index >= 15 is 0 Å². The highest BCUT2D eigenvalue weighted by Gasteiger charge is 2.32. The number of carboxylic acid groups (broad SMARTS) is 1. The fourth-order valence-electron chi connectivity index (χ4n) is 4.12. The van der Waals surface area contributed by atoms with Crippen LogP contribution in [0.5, 0.6) is 5.75 Å². The molecule has 2 heterocycles. The Morgan fingerprint density at radius 1 is 1.18 bits per heavy atom. The van der Waals surface area contributed by atoms with E-state index in [0.717, 1.165) is 29.7 Å². The molecule has 4 rings (SSSR count). The van der Waals surface area contributed by atoms with Crippen LogP contribution in [0.3, 0.4) is 0 Å². The third-order valence-electron chi connectivity index (χ3n) is 6.01. The van der Waals surface area contributed by atoms with Crippen molar-refractivity contribution in [3.63, 3.8) is 0 Å². The number of aromatic nitrogens is 1. The van der Waals surface area contributed by atoms with Crippen LogP contribution in [0, 0.1) is 6.92 Å². The van der Waals surface area contributed by atoms with Crippen molar-refractivity contribution in [1.29, 1.82) is 0 Å². The number of nitrogens with zero attached hydrogens (tertiary/aromatic N) is 2. The fraction of sp³-hybridized carbons (Fsp3) is 0.346. The second-order valence-corrected chi connectivity index (χ2v) is 8.39. The average Bonchev–Trinajstić information content (AvgIpc) is 3.47. The van der Waals surface area contributed by atoms with Gasteiger partial charge in [0, 0.05) is 19.0 Å². The first kappa shape index (κ1) is 22.6. The Kier molecular flexibility index (Phi) is 7.07. The van der Waals surface area contributed by atoms with Gasteiger partial charge in [0.25, 0.3) is 0 Å². The van der Waals surface area contributed by atoms with Crippen molar-refractivity contribution in [3.05, 3.63) is 82.7 Å². The molecule has 172 valence electrons. The molecule has 1 fully saturated rings. The van der Waals surface area contributed by atoms with Crippen molar-refractivity contribution in [1.82, 2.24) is 10.1 Å². The molecular formula is C26H28N2O5. The van der Waals surface area contributed by atoms with Crippen molar-refractivity contribution in [2.45, 2.75) is 51.7 Å². The van der Waals surface area contributed by atoms with Gasteiger partial charge in [0.05, 0.1) is 18.9 Å². The minimum absolute atomic E-state index is 0.00733. The number of rotatable bonds is 9. The van der Waals surface area contributed by atoms with E-state index in [1.807, 2.05) is 41.3 Å². The molecular weight excluding hydrogens is 420 g/mol. The van der Waals surface area contributed by atoms with Gasteiger partial charge in [0.2, 0.25) is 5.91 Å². The van der Waals surface area contributed by atoms with Gasteiger partial charge in [-0.05, 0) is 48.6 Å². The van der Waals surface area contributed by atoms with Crippen molar-refractivity contribution in [3.8, 4) is 5.75 Å². The van der Waals surface area contributed by atoms with Gasteiger partial charge in [-0.3, -0.25) is 9.59 Å². The van der Waals surface area contributed by atoms with E-state index in [4.69, 9.17) is 14.4 Å². The molecule has 1 amide bonds. The predicted molar refractivity (Wildman–Crippen MR) is 122 cm³/mol. The smallest absolute Gasteiger partial charge is 0.303 e. The lowest BCUT2D eigenvalue weighted by atomic mass is 10.1. The molecule has 1 aliphatic heterocycles. The second-order valence-electron chi connectivity index (χ2n) is 8.39. The number of aryl methyl sites for hydroxylation is 2. The van der Waals surface area contributed by atoms with Crippen LogP contribution in [0.1, 0.15) is 53.4 Å². The Morgan fingerprint density at radius 3 is 2.73 bits per heavy atom. The number of hydrogen-bond donors (Lipinski definition) is 1. The van der Waals surface area contributed by atoms with Gasteiger partial charge >= 0.3 is 5.97 Å². The summed E-state index contributed by atoms with van der Waals surface area (Å²) in [5.74, 6) is 0.469. The molecule has 7 heteroatoms. The molecule has 0 radical (unpaired) electrons. The van der Waals surface area contributed by atoms with E-state index in [0.29, 0.717) is 37.4 Å². The maximum atomic E-state index is 13.0. The maximum absolute atomic E-state index is 13.0. The molecule has 1 unspecified atom stereocenters. The monoisotopic (exact) mass is 448 g/mol. The summed E-state index contributed by atoms with van der Waals surface area (Å²) < 4.78 is 11.2. The molecule has 1 N–H and O–H groups in total. The Labute approximate surface area is 193 Å². The molecule has 1 aromatic heterocycles. The van der Waals surface area contributed by atoms with Crippen molar-refractivity contribution < 1.29 is 24.0 Å². The summed E-state index contributed by atoms with van der Waals surface area (Å²) in [6, 6.07) is 17.4. The highest BCUT2D eigenvalue weighted by Crippen LogP contribution is 2.32. The minimum atomic E-state index is -0.878. The van der Waals surface area contributed by atoms with E-state index in [-0.39, 0.29) is 18.4 Å². The number of ether oxygens (including phenoxy) is 1. The number of hydrogen-bond acceptors (Lipinski definition) is 5. The van der Waals surface area contributed by atoms with Crippen LogP contribution in [0.2, 0.25) is 0 Å². The third kappa shape index (κ3) is 5.80. The quantitative estimate of drug-likeness (QED) is 0.519. The number of carboxylic acids is 1. The molecule has 1 aliphatic rings. The molecule has 1 saturated heterocycles.